The minimum atomic E-state index is -0.345. The first-order valence-corrected chi connectivity index (χ1v) is 12.4. The van der Waals surface area contributed by atoms with Gasteiger partial charge in [-0.05, 0) is 61.3 Å². The maximum atomic E-state index is 13.9. The zero-order valence-electron chi connectivity index (χ0n) is 19.3. The first-order chi connectivity index (χ1) is 16.9. The van der Waals surface area contributed by atoms with Gasteiger partial charge in [0.25, 0.3) is 0 Å². The summed E-state index contributed by atoms with van der Waals surface area (Å²) in [6.07, 6.45) is 0. The number of morpholine rings is 1. The van der Waals surface area contributed by atoms with Crippen LogP contribution in [-0.2, 0) is 4.74 Å². The SMILES string of the molecule is CC(=N)c1c(N)nc(-c2ccc(NSc3cc(Cl)ccc3F)cc2)nc1NCCN1CCOCC1. The van der Waals surface area contributed by atoms with Crippen LogP contribution in [0.2, 0.25) is 5.02 Å². The molecule has 1 aliphatic heterocycles. The number of nitrogens with two attached hydrogens (primary N) is 1. The number of halogens is 2. The standard InChI is InChI=1S/C24H27ClFN7OS/c1-15(27)21-22(28)30-23(31-24(21)29-8-9-33-10-12-34-13-11-33)16-2-5-18(6-3-16)32-35-20-14-17(25)4-7-19(20)26/h2-7,14,27,32H,8-13H2,1H3,(H3,28,29,30,31). The van der Waals surface area contributed by atoms with E-state index in [9.17, 15) is 4.39 Å². The van der Waals surface area contributed by atoms with Gasteiger partial charge in [0.1, 0.15) is 17.5 Å². The zero-order chi connectivity index (χ0) is 24.8. The summed E-state index contributed by atoms with van der Waals surface area (Å²) in [6, 6.07) is 11.8. The van der Waals surface area contributed by atoms with Gasteiger partial charge in [0.05, 0.1) is 23.7 Å². The van der Waals surface area contributed by atoms with Gasteiger partial charge in [0.15, 0.2) is 5.82 Å². The van der Waals surface area contributed by atoms with Crippen molar-refractivity contribution < 1.29 is 9.13 Å². The van der Waals surface area contributed by atoms with Crippen LogP contribution in [0, 0.1) is 11.2 Å². The molecule has 8 nitrogen and oxygen atoms in total. The second kappa shape index (κ2) is 11.7. The van der Waals surface area contributed by atoms with Crippen LogP contribution in [0.25, 0.3) is 11.4 Å². The predicted octanol–water partition coefficient (Wildman–Crippen LogP) is 4.77. The van der Waals surface area contributed by atoms with Crippen LogP contribution < -0.4 is 15.8 Å². The van der Waals surface area contributed by atoms with Crippen LogP contribution in [0.15, 0.2) is 47.4 Å². The van der Waals surface area contributed by atoms with Crippen LogP contribution in [0.5, 0.6) is 0 Å². The minimum absolute atomic E-state index is 0.255. The van der Waals surface area contributed by atoms with E-state index in [4.69, 9.17) is 27.5 Å². The third kappa shape index (κ3) is 6.61. The summed E-state index contributed by atoms with van der Waals surface area (Å²) in [6.45, 7) is 6.46. The van der Waals surface area contributed by atoms with Gasteiger partial charge < -0.3 is 25.9 Å². The second-order valence-electron chi connectivity index (χ2n) is 8.02. The molecule has 0 amide bonds. The first-order valence-electron chi connectivity index (χ1n) is 11.2. The van der Waals surface area contributed by atoms with E-state index in [0.717, 1.165) is 56.0 Å². The fourth-order valence-corrected chi connectivity index (χ4v) is 4.57. The maximum Gasteiger partial charge on any atom is 0.163 e. The van der Waals surface area contributed by atoms with Crippen molar-refractivity contribution in [1.29, 1.82) is 5.41 Å². The van der Waals surface area contributed by atoms with E-state index in [2.05, 4.69) is 24.9 Å². The molecular formula is C24H27ClFN7OS. The number of rotatable bonds is 9. The second-order valence-corrected chi connectivity index (χ2v) is 9.30. The Kier molecular flexibility index (Phi) is 8.40. The van der Waals surface area contributed by atoms with Crippen molar-refractivity contribution >= 4 is 46.6 Å². The lowest BCUT2D eigenvalue weighted by molar-refractivity contribution is 0.0398. The molecule has 1 aromatic heterocycles. The topological polar surface area (TPSA) is 112 Å². The Labute approximate surface area is 213 Å². The lowest BCUT2D eigenvalue weighted by atomic mass is 10.1. The van der Waals surface area contributed by atoms with Crippen molar-refractivity contribution in [2.45, 2.75) is 11.8 Å². The summed E-state index contributed by atoms with van der Waals surface area (Å²) in [5.74, 6) is 0.914. The number of nitrogens with one attached hydrogen (secondary N) is 3. The van der Waals surface area contributed by atoms with Gasteiger partial charge in [-0.15, -0.1) is 0 Å². The van der Waals surface area contributed by atoms with E-state index in [0.29, 0.717) is 39.4 Å². The average molecular weight is 516 g/mol. The molecule has 35 heavy (non-hydrogen) atoms. The van der Waals surface area contributed by atoms with E-state index in [-0.39, 0.29) is 11.6 Å². The Bertz CT molecular complexity index is 1190. The summed E-state index contributed by atoms with van der Waals surface area (Å²) in [5.41, 5.74) is 8.58. The number of nitrogen functional groups attached to an aromatic ring is 1. The van der Waals surface area contributed by atoms with E-state index in [1.165, 1.54) is 12.1 Å². The van der Waals surface area contributed by atoms with Crippen LogP contribution in [0.1, 0.15) is 12.5 Å². The Morgan fingerprint density at radius 1 is 1.20 bits per heavy atom. The van der Waals surface area contributed by atoms with E-state index < -0.39 is 0 Å². The fourth-order valence-electron chi connectivity index (χ4n) is 3.62. The van der Waals surface area contributed by atoms with Crippen LogP contribution in [0.3, 0.4) is 0 Å². The summed E-state index contributed by atoms with van der Waals surface area (Å²) >= 11 is 7.10. The largest absolute Gasteiger partial charge is 0.383 e. The van der Waals surface area contributed by atoms with Gasteiger partial charge in [-0.3, -0.25) is 4.90 Å². The molecule has 0 aliphatic carbocycles. The van der Waals surface area contributed by atoms with Crippen LogP contribution in [-0.4, -0.2) is 60.0 Å². The zero-order valence-corrected chi connectivity index (χ0v) is 20.8. The van der Waals surface area contributed by atoms with Crippen molar-refractivity contribution in [3.8, 4) is 11.4 Å². The number of benzene rings is 2. The molecule has 1 saturated heterocycles. The molecule has 2 aromatic carbocycles. The molecule has 0 unspecified atom stereocenters. The van der Waals surface area contributed by atoms with Gasteiger partial charge in [-0.1, -0.05) is 11.6 Å². The molecule has 0 atom stereocenters. The summed E-state index contributed by atoms with van der Waals surface area (Å²) in [5, 5.41) is 11.9. The maximum absolute atomic E-state index is 13.9. The summed E-state index contributed by atoms with van der Waals surface area (Å²) in [4.78, 5) is 11.8. The molecule has 0 saturated carbocycles. The van der Waals surface area contributed by atoms with Crippen molar-refractivity contribution in [3.63, 3.8) is 0 Å². The number of hydrogen-bond donors (Lipinski definition) is 4. The van der Waals surface area contributed by atoms with E-state index in [1.54, 1.807) is 13.0 Å². The Hall–Kier alpha value is -2.92. The third-order valence-electron chi connectivity index (χ3n) is 5.45. The molecule has 3 aromatic rings. The highest BCUT2D eigenvalue weighted by Gasteiger charge is 2.16. The quantitative estimate of drug-likeness (QED) is 0.238. The molecule has 11 heteroatoms. The average Bonchev–Trinajstić information content (AvgIpc) is 2.85. The smallest absolute Gasteiger partial charge is 0.163 e. The third-order valence-corrected chi connectivity index (χ3v) is 6.56. The number of nitrogens with zero attached hydrogens (tertiary/aromatic N) is 3. The normalized spacial score (nSPS) is 14.0. The molecule has 1 fully saturated rings. The Balaban J connectivity index is 1.47. The van der Waals surface area contributed by atoms with Crippen molar-refractivity contribution in [1.82, 2.24) is 14.9 Å². The predicted molar refractivity (Wildman–Crippen MR) is 141 cm³/mol. The van der Waals surface area contributed by atoms with Crippen LogP contribution in [0.4, 0.5) is 21.7 Å². The number of hydrogen-bond acceptors (Lipinski definition) is 9. The molecule has 1 aliphatic rings. The molecule has 0 spiro atoms. The number of aromatic nitrogens is 2. The lowest BCUT2D eigenvalue weighted by Crippen LogP contribution is -2.39. The van der Waals surface area contributed by atoms with Crippen molar-refractivity contribution in [3.05, 3.63) is 58.9 Å². The molecule has 5 N–H and O–H groups in total. The monoisotopic (exact) mass is 515 g/mol. The highest BCUT2D eigenvalue weighted by molar-refractivity contribution is 8.00. The Morgan fingerprint density at radius 3 is 2.66 bits per heavy atom. The number of anilines is 3. The van der Waals surface area contributed by atoms with Gasteiger partial charge >= 0.3 is 0 Å². The molecular weight excluding hydrogens is 489 g/mol. The van der Waals surface area contributed by atoms with E-state index >= 15 is 0 Å². The highest BCUT2D eigenvalue weighted by Crippen LogP contribution is 2.29. The van der Waals surface area contributed by atoms with Gasteiger partial charge in [0.2, 0.25) is 0 Å². The van der Waals surface area contributed by atoms with Gasteiger partial charge in [-0.2, -0.15) is 0 Å². The molecule has 184 valence electrons. The van der Waals surface area contributed by atoms with Gasteiger partial charge in [-0.25, -0.2) is 14.4 Å². The highest BCUT2D eigenvalue weighted by atomic mass is 35.5. The van der Waals surface area contributed by atoms with E-state index in [1.807, 2.05) is 24.3 Å². The summed E-state index contributed by atoms with van der Waals surface area (Å²) < 4.78 is 22.4. The molecule has 2 heterocycles. The van der Waals surface area contributed by atoms with Crippen molar-refractivity contribution in [2.75, 3.05) is 55.2 Å². The van der Waals surface area contributed by atoms with Gasteiger partial charge in [0, 0.05) is 48.2 Å². The summed E-state index contributed by atoms with van der Waals surface area (Å²) in [7, 11) is 0. The minimum Gasteiger partial charge on any atom is -0.383 e. The fraction of sp³-hybridized carbons (Fsp3) is 0.292. The number of ether oxygens (including phenoxy) is 1. The van der Waals surface area contributed by atoms with Crippen molar-refractivity contribution in [2.24, 2.45) is 0 Å². The lowest BCUT2D eigenvalue weighted by Gasteiger charge is -2.26. The molecule has 0 radical (unpaired) electrons. The molecule has 4 rings (SSSR count). The first kappa shape index (κ1) is 25.2. The molecule has 0 bridgehead atoms. The Morgan fingerprint density at radius 2 is 1.94 bits per heavy atom. The van der Waals surface area contributed by atoms with Crippen LogP contribution >= 0.6 is 23.5 Å².